The standard InChI is InChI=1S/C24H37F7N6O4S2/c1-5-16-7-6-15-10-17(18(36-43(39,40)24(29,30)31)11-19(15)37(16)12-13(2)3)34-32-14(4)33-35-21(42)22(38)41-23(27,28)20(26)8-9-25/h13,15-20,36H,5-12H2,1-4H3,(H,35,42)/b33-14+,34-32?. The molecule has 1 saturated heterocycles. The molecule has 2 rings (SSSR count). The van der Waals surface area contributed by atoms with E-state index in [9.17, 15) is 43.9 Å². The van der Waals surface area contributed by atoms with E-state index in [1.54, 1.807) is 4.72 Å². The number of hydrazone groups is 1. The second-order valence-electron chi connectivity index (χ2n) is 11.0. The van der Waals surface area contributed by atoms with Gasteiger partial charge in [-0.25, -0.2) is 22.3 Å². The molecule has 19 heteroatoms. The normalized spacial score (nSPS) is 26.8. The predicted octanol–water partition coefficient (Wildman–Crippen LogP) is 5.01. The number of hydrogen-bond acceptors (Lipinski definition) is 8. The number of piperidine rings is 1. The summed E-state index contributed by atoms with van der Waals surface area (Å²) in [7, 11) is -5.71. The fourth-order valence-electron chi connectivity index (χ4n) is 5.32. The van der Waals surface area contributed by atoms with E-state index in [-0.39, 0.29) is 42.6 Å². The Morgan fingerprint density at radius 1 is 1.16 bits per heavy atom. The van der Waals surface area contributed by atoms with E-state index in [2.05, 4.69) is 37.2 Å². The Morgan fingerprint density at radius 3 is 2.37 bits per heavy atom. The maximum absolute atomic E-state index is 13.6. The molecule has 6 unspecified atom stereocenters. The smallest absolute Gasteiger partial charge is 0.393 e. The Kier molecular flexibility index (Phi) is 13.3. The number of likely N-dealkylation sites (tertiary alicyclic amines) is 1. The maximum Gasteiger partial charge on any atom is 0.511 e. The number of amidine groups is 1. The highest BCUT2D eigenvalue weighted by atomic mass is 32.2. The first-order chi connectivity index (χ1) is 19.8. The first-order valence-electron chi connectivity index (χ1n) is 13.7. The van der Waals surface area contributed by atoms with Crippen LogP contribution in [0.3, 0.4) is 0 Å². The average Bonchev–Trinajstić information content (AvgIpc) is 2.89. The Labute approximate surface area is 251 Å². The van der Waals surface area contributed by atoms with Gasteiger partial charge in [-0.2, -0.15) is 32.2 Å². The average molecular weight is 671 g/mol. The molecule has 10 nitrogen and oxygen atoms in total. The molecule has 0 aromatic carbocycles. The summed E-state index contributed by atoms with van der Waals surface area (Å²) in [5.41, 5.74) is -3.64. The zero-order valence-electron chi connectivity index (χ0n) is 24.1. The van der Waals surface area contributed by atoms with Gasteiger partial charge in [0.1, 0.15) is 0 Å². The highest BCUT2D eigenvalue weighted by Gasteiger charge is 2.51. The number of alkyl halides is 7. The van der Waals surface area contributed by atoms with Crippen LogP contribution in [0.15, 0.2) is 15.3 Å². The van der Waals surface area contributed by atoms with Gasteiger partial charge in [0.25, 0.3) is 0 Å². The third kappa shape index (κ3) is 10.3. The van der Waals surface area contributed by atoms with Crippen LogP contribution in [0.25, 0.3) is 0 Å². The van der Waals surface area contributed by atoms with Crippen LogP contribution in [0.1, 0.15) is 66.2 Å². The summed E-state index contributed by atoms with van der Waals surface area (Å²) in [6, 6.07) is -2.23. The SMILES string of the molecule is CCC1CCC2CC(N=N/C(C)=N/NC(=S)C(=O)OC(F)(F)C(F)CCF)C(NS(=O)(=O)C(F)(F)F)CC2N1CC(C)C. The monoisotopic (exact) mass is 670 g/mol. The van der Waals surface area contributed by atoms with Crippen LogP contribution in [0, 0.1) is 11.8 Å². The number of halogens is 7. The third-order valence-corrected chi connectivity index (χ3v) is 8.76. The van der Waals surface area contributed by atoms with Crippen LogP contribution in [-0.2, 0) is 19.6 Å². The van der Waals surface area contributed by atoms with Crippen molar-refractivity contribution >= 4 is 39.0 Å². The molecule has 0 spiro atoms. The van der Waals surface area contributed by atoms with Gasteiger partial charge in [-0.05, 0) is 50.9 Å². The number of ether oxygens (including phenoxy) is 1. The molecule has 2 N–H and O–H groups in total. The van der Waals surface area contributed by atoms with Crippen molar-refractivity contribution in [1.82, 2.24) is 15.0 Å². The molecule has 6 atom stereocenters. The van der Waals surface area contributed by atoms with Crippen LogP contribution in [-0.4, -0.2) is 85.3 Å². The number of hydrogen-bond donors (Lipinski definition) is 2. The molecule has 1 aliphatic carbocycles. The lowest BCUT2D eigenvalue weighted by atomic mass is 9.72. The van der Waals surface area contributed by atoms with Crippen molar-refractivity contribution < 1.29 is 48.7 Å². The van der Waals surface area contributed by atoms with Gasteiger partial charge in [-0.1, -0.05) is 33.0 Å². The molecule has 43 heavy (non-hydrogen) atoms. The van der Waals surface area contributed by atoms with E-state index in [1.807, 2.05) is 26.2 Å². The molecular weight excluding hydrogens is 633 g/mol. The second-order valence-corrected chi connectivity index (χ2v) is 13.1. The number of sulfonamides is 1. The Balaban J connectivity index is 2.21. The van der Waals surface area contributed by atoms with Gasteiger partial charge in [0.05, 0.1) is 12.7 Å². The molecule has 0 amide bonds. The van der Waals surface area contributed by atoms with Gasteiger partial charge in [0.15, 0.2) is 5.84 Å². The van der Waals surface area contributed by atoms with Gasteiger partial charge in [0.2, 0.25) is 11.2 Å². The van der Waals surface area contributed by atoms with Crippen molar-refractivity contribution in [2.24, 2.45) is 27.2 Å². The molecule has 1 aliphatic heterocycles. The molecule has 1 heterocycles. The fraction of sp³-hybridized carbons (Fsp3) is 0.875. The van der Waals surface area contributed by atoms with Crippen LogP contribution in [0.2, 0.25) is 0 Å². The van der Waals surface area contributed by atoms with E-state index < -0.39 is 63.9 Å². The summed E-state index contributed by atoms with van der Waals surface area (Å²) in [6.45, 7) is 6.59. The quantitative estimate of drug-likeness (QED) is 0.0603. The molecule has 1 saturated carbocycles. The van der Waals surface area contributed by atoms with E-state index in [0.29, 0.717) is 6.54 Å². The summed E-state index contributed by atoms with van der Waals surface area (Å²) >= 11 is 4.58. The predicted molar refractivity (Wildman–Crippen MR) is 147 cm³/mol. The Hall–Kier alpha value is -1.99. The van der Waals surface area contributed by atoms with Gasteiger partial charge in [-0.15, -0.1) is 5.11 Å². The highest BCUT2D eigenvalue weighted by molar-refractivity contribution is 7.90. The number of azo groups is 1. The minimum Gasteiger partial charge on any atom is -0.393 e. The molecule has 0 radical (unpaired) electrons. The molecule has 0 bridgehead atoms. The summed E-state index contributed by atoms with van der Waals surface area (Å²) in [5.74, 6) is -1.83. The number of nitrogens with zero attached hydrogens (tertiary/aromatic N) is 4. The first kappa shape index (κ1) is 37.2. The highest BCUT2D eigenvalue weighted by Crippen LogP contribution is 2.41. The van der Waals surface area contributed by atoms with Gasteiger partial charge in [-0.3, -0.25) is 14.7 Å². The number of nitrogens with one attached hydrogen (secondary N) is 2. The molecular formula is C24H37F7N6O4S2. The molecule has 2 aliphatic rings. The van der Waals surface area contributed by atoms with Crippen molar-refractivity contribution in [3.63, 3.8) is 0 Å². The lowest BCUT2D eigenvalue weighted by Crippen LogP contribution is -2.60. The number of carbonyl (C=O) groups excluding carboxylic acids is 1. The first-order valence-corrected chi connectivity index (χ1v) is 15.6. The minimum absolute atomic E-state index is 0.00764. The number of carbonyl (C=O) groups is 1. The lowest BCUT2D eigenvalue weighted by Gasteiger charge is -2.52. The Morgan fingerprint density at radius 2 is 1.81 bits per heavy atom. The lowest BCUT2D eigenvalue weighted by molar-refractivity contribution is -0.257. The Bertz CT molecular complexity index is 1140. The number of rotatable bonds is 11. The molecule has 0 aromatic heterocycles. The van der Waals surface area contributed by atoms with E-state index in [0.717, 1.165) is 19.3 Å². The third-order valence-electron chi connectivity index (χ3n) is 7.28. The topological polar surface area (TPSA) is 125 Å². The zero-order chi connectivity index (χ0) is 32.8. The van der Waals surface area contributed by atoms with Crippen molar-refractivity contribution in [2.45, 2.75) is 108 Å². The van der Waals surface area contributed by atoms with Crippen molar-refractivity contribution in [3.8, 4) is 0 Å². The van der Waals surface area contributed by atoms with Crippen LogP contribution < -0.4 is 10.1 Å². The van der Waals surface area contributed by atoms with Gasteiger partial charge < -0.3 is 4.74 Å². The summed E-state index contributed by atoms with van der Waals surface area (Å²) in [4.78, 5) is 13.0. The molecule has 0 aromatic rings. The van der Waals surface area contributed by atoms with Crippen molar-refractivity contribution in [2.75, 3.05) is 13.2 Å². The number of esters is 1. The minimum atomic E-state index is -5.71. The summed E-state index contributed by atoms with van der Waals surface area (Å²) < 4.78 is 122. The van der Waals surface area contributed by atoms with Crippen LogP contribution in [0.4, 0.5) is 30.7 Å². The molecule has 248 valence electrons. The van der Waals surface area contributed by atoms with Crippen LogP contribution >= 0.6 is 12.2 Å². The van der Waals surface area contributed by atoms with Crippen LogP contribution in [0.5, 0.6) is 0 Å². The van der Waals surface area contributed by atoms with Gasteiger partial charge in [0, 0.05) is 31.1 Å². The van der Waals surface area contributed by atoms with E-state index in [4.69, 9.17) is 0 Å². The van der Waals surface area contributed by atoms with E-state index in [1.165, 1.54) is 6.92 Å². The summed E-state index contributed by atoms with van der Waals surface area (Å²) in [5, 5.41) is 11.4. The number of thiocarbonyl (C=S) groups is 1. The van der Waals surface area contributed by atoms with Crippen molar-refractivity contribution in [3.05, 3.63) is 0 Å². The fourth-order valence-corrected chi connectivity index (χ4v) is 6.19. The molecule has 2 fully saturated rings. The van der Waals surface area contributed by atoms with E-state index >= 15 is 0 Å². The largest absolute Gasteiger partial charge is 0.511 e. The second kappa shape index (κ2) is 15.3. The zero-order valence-corrected chi connectivity index (χ0v) is 25.7. The summed E-state index contributed by atoms with van der Waals surface area (Å²) in [6.07, 6.45) is -6.21. The van der Waals surface area contributed by atoms with Gasteiger partial charge >= 0.3 is 27.6 Å². The maximum atomic E-state index is 13.6. The number of fused-ring (bicyclic) bond motifs is 1. The van der Waals surface area contributed by atoms with Crippen molar-refractivity contribution in [1.29, 1.82) is 0 Å².